The van der Waals surface area contributed by atoms with Crippen LogP contribution in [0.3, 0.4) is 0 Å². The average molecular weight is 251 g/mol. The number of nitrogens with zero attached hydrogens (tertiary/aromatic N) is 2. The molecule has 1 aliphatic rings. The molecule has 1 aromatic heterocycles. The van der Waals surface area contributed by atoms with E-state index in [-0.39, 0.29) is 5.91 Å². The van der Waals surface area contributed by atoms with E-state index in [9.17, 15) is 9.18 Å². The van der Waals surface area contributed by atoms with Crippen molar-refractivity contribution in [1.82, 2.24) is 10.3 Å². The lowest BCUT2D eigenvalue weighted by atomic mass is 9.98. The Morgan fingerprint density at radius 1 is 1.61 bits per heavy atom. The lowest BCUT2D eigenvalue weighted by Gasteiger charge is -2.33. The molecular weight excluding hydrogens is 233 g/mol. The van der Waals surface area contributed by atoms with Crippen molar-refractivity contribution in [3.63, 3.8) is 0 Å². The van der Waals surface area contributed by atoms with E-state index in [0.717, 1.165) is 25.9 Å². The molecule has 0 saturated carbocycles. The van der Waals surface area contributed by atoms with Crippen molar-refractivity contribution in [3.8, 4) is 0 Å². The van der Waals surface area contributed by atoms with Gasteiger partial charge < -0.3 is 10.2 Å². The molecule has 0 spiro atoms. The summed E-state index contributed by atoms with van der Waals surface area (Å²) in [6.07, 6.45) is 2.13. The highest BCUT2D eigenvalue weighted by atomic mass is 19.1. The van der Waals surface area contributed by atoms with E-state index in [1.54, 1.807) is 6.07 Å². The standard InChI is InChI=1S/C13H18FN3O/c1-10(18)15-8-11-4-3-7-17(9-11)13-6-2-5-12(14)16-13/h2,5-6,11H,3-4,7-9H2,1H3,(H,15,18)/t11-/m0/s1. The highest BCUT2D eigenvalue weighted by Gasteiger charge is 2.21. The van der Waals surface area contributed by atoms with Crippen LogP contribution in [-0.2, 0) is 4.79 Å². The summed E-state index contributed by atoms with van der Waals surface area (Å²) in [4.78, 5) is 16.9. The molecule has 0 unspecified atom stereocenters. The first kappa shape index (κ1) is 12.8. The second-order valence-corrected chi connectivity index (χ2v) is 4.71. The third-order valence-electron chi connectivity index (χ3n) is 3.18. The second-order valence-electron chi connectivity index (χ2n) is 4.71. The van der Waals surface area contributed by atoms with Crippen LogP contribution in [0.5, 0.6) is 0 Å². The normalized spacial score (nSPS) is 19.7. The number of halogens is 1. The first-order chi connectivity index (χ1) is 8.65. The Morgan fingerprint density at radius 2 is 2.44 bits per heavy atom. The summed E-state index contributed by atoms with van der Waals surface area (Å²) in [5.41, 5.74) is 0. The van der Waals surface area contributed by atoms with Crippen molar-refractivity contribution in [2.75, 3.05) is 24.5 Å². The summed E-state index contributed by atoms with van der Waals surface area (Å²) in [6.45, 7) is 3.92. The number of piperidine rings is 1. The van der Waals surface area contributed by atoms with E-state index in [1.807, 2.05) is 6.07 Å². The molecule has 0 radical (unpaired) electrons. The van der Waals surface area contributed by atoms with Crippen LogP contribution in [0, 0.1) is 11.9 Å². The number of nitrogens with one attached hydrogen (secondary N) is 1. The van der Waals surface area contributed by atoms with Gasteiger partial charge in [-0.15, -0.1) is 0 Å². The van der Waals surface area contributed by atoms with Crippen LogP contribution in [-0.4, -0.2) is 30.5 Å². The maximum absolute atomic E-state index is 13.1. The molecule has 1 saturated heterocycles. The molecule has 4 nitrogen and oxygen atoms in total. The van der Waals surface area contributed by atoms with Crippen LogP contribution in [0.2, 0.25) is 0 Å². The minimum atomic E-state index is -0.448. The molecule has 5 heteroatoms. The molecule has 1 amide bonds. The van der Waals surface area contributed by atoms with Crippen LogP contribution in [0.1, 0.15) is 19.8 Å². The molecule has 1 aromatic rings. The maximum atomic E-state index is 13.1. The monoisotopic (exact) mass is 251 g/mol. The summed E-state index contributed by atoms with van der Waals surface area (Å²) in [5, 5.41) is 2.84. The first-order valence-electron chi connectivity index (χ1n) is 6.27. The Hall–Kier alpha value is -1.65. The van der Waals surface area contributed by atoms with Gasteiger partial charge in [0.2, 0.25) is 11.9 Å². The van der Waals surface area contributed by atoms with Crippen molar-refractivity contribution in [3.05, 3.63) is 24.1 Å². The fourth-order valence-corrected chi connectivity index (χ4v) is 2.30. The second kappa shape index (κ2) is 5.80. The molecule has 1 aliphatic heterocycles. The molecule has 1 N–H and O–H groups in total. The van der Waals surface area contributed by atoms with Crippen LogP contribution in [0.25, 0.3) is 0 Å². The van der Waals surface area contributed by atoms with Gasteiger partial charge in [-0.1, -0.05) is 6.07 Å². The molecule has 0 bridgehead atoms. The van der Waals surface area contributed by atoms with Gasteiger partial charge in [0.25, 0.3) is 0 Å². The van der Waals surface area contributed by atoms with Gasteiger partial charge in [-0.2, -0.15) is 4.39 Å². The largest absolute Gasteiger partial charge is 0.356 e. The van der Waals surface area contributed by atoms with Crippen molar-refractivity contribution in [1.29, 1.82) is 0 Å². The molecule has 2 heterocycles. The molecule has 98 valence electrons. The highest BCUT2D eigenvalue weighted by molar-refractivity contribution is 5.72. The molecule has 18 heavy (non-hydrogen) atoms. The van der Waals surface area contributed by atoms with Crippen LogP contribution >= 0.6 is 0 Å². The Labute approximate surface area is 106 Å². The van der Waals surface area contributed by atoms with E-state index < -0.39 is 5.95 Å². The Bertz CT molecular complexity index is 424. The minimum absolute atomic E-state index is 0.00370. The lowest BCUT2D eigenvalue weighted by molar-refractivity contribution is -0.119. The summed E-state index contributed by atoms with van der Waals surface area (Å²) in [6, 6.07) is 4.85. The van der Waals surface area contributed by atoms with E-state index in [0.29, 0.717) is 18.3 Å². The number of amides is 1. The number of carbonyl (C=O) groups excluding carboxylic acids is 1. The zero-order valence-corrected chi connectivity index (χ0v) is 10.5. The summed E-state index contributed by atoms with van der Waals surface area (Å²) in [5.74, 6) is 0.641. The summed E-state index contributed by atoms with van der Waals surface area (Å²) in [7, 11) is 0. The van der Waals surface area contributed by atoms with E-state index in [1.165, 1.54) is 13.0 Å². The highest BCUT2D eigenvalue weighted by Crippen LogP contribution is 2.21. The van der Waals surface area contributed by atoms with E-state index >= 15 is 0 Å². The Kier molecular flexibility index (Phi) is 4.12. The minimum Gasteiger partial charge on any atom is -0.356 e. The van der Waals surface area contributed by atoms with Gasteiger partial charge in [0.1, 0.15) is 5.82 Å². The number of pyridine rings is 1. The topological polar surface area (TPSA) is 45.2 Å². The smallest absolute Gasteiger partial charge is 0.216 e. The summed E-state index contributed by atoms with van der Waals surface area (Å²) < 4.78 is 13.1. The zero-order valence-electron chi connectivity index (χ0n) is 10.5. The SMILES string of the molecule is CC(=O)NC[C@@H]1CCCN(c2cccc(F)n2)C1. The maximum Gasteiger partial charge on any atom is 0.216 e. The third kappa shape index (κ3) is 3.42. The van der Waals surface area contributed by atoms with Gasteiger partial charge in [0.15, 0.2) is 0 Å². The number of aromatic nitrogens is 1. The number of carbonyl (C=O) groups is 1. The predicted octanol–water partition coefficient (Wildman–Crippen LogP) is 1.57. The molecule has 0 aromatic carbocycles. The predicted molar refractivity (Wildman–Crippen MR) is 67.8 cm³/mol. The van der Waals surface area contributed by atoms with Gasteiger partial charge in [-0.25, -0.2) is 4.98 Å². The molecule has 2 rings (SSSR count). The van der Waals surface area contributed by atoms with Crippen molar-refractivity contribution in [2.24, 2.45) is 5.92 Å². The number of anilines is 1. The molecule has 1 atom stereocenters. The van der Waals surface area contributed by atoms with Crippen LogP contribution in [0.4, 0.5) is 10.2 Å². The number of rotatable bonds is 3. The van der Waals surface area contributed by atoms with E-state index in [2.05, 4.69) is 15.2 Å². The van der Waals surface area contributed by atoms with Gasteiger partial charge in [0, 0.05) is 26.6 Å². The van der Waals surface area contributed by atoms with Crippen LogP contribution < -0.4 is 10.2 Å². The van der Waals surface area contributed by atoms with Crippen LogP contribution in [0.15, 0.2) is 18.2 Å². The Morgan fingerprint density at radius 3 is 3.17 bits per heavy atom. The van der Waals surface area contributed by atoms with Gasteiger partial charge in [0.05, 0.1) is 0 Å². The van der Waals surface area contributed by atoms with Gasteiger partial charge >= 0.3 is 0 Å². The zero-order chi connectivity index (χ0) is 13.0. The first-order valence-corrected chi connectivity index (χ1v) is 6.27. The van der Waals surface area contributed by atoms with E-state index in [4.69, 9.17) is 0 Å². The van der Waals surface area contributed by atoms with Crippen molar-refractivity contribution in [2.45, 2.75) is 19.8 Å². The quantitative estimate of drug-likeness (QED) is 0.829. The fourth-order valence-electron chi connectivity index (χ4n) is 2.30. The fraction of sp³-hybridized carbons (Fsp3) is 0.538. The average Bonchev–Trinajstić information content (AvgIpc) is 2.37. The third-order valence-corrected chi connectivity index (χ3v) is 3.18. The molecule has 0 aliphatic carbocycles. The van der Waals surface area contributed by atoms with Crippen molar-refractivity contribution < 1.29 is 9.18 Å². The molecule has 1 fully saturated rings. The summed E-state index contributed by atoms with van der Waals surface area (Å²) >= 11 is 0. The van der Waals surface area contributed by atoms with Gasteiger partial charge in [-0.3, -0.25) is 4.79 Å². The van der Waals surface area contributed by atoms with Gasteiger partial charge in [-0.05, 0) is 30.9 Å². The lowest BCUT2D eigenvalue weighted by Crippen LogP contribution is -2.41. The Balaban J connectivity index is 1.96. The molecular formula is C13H18FN3O. The number of hydrogen-bond acceptors (Lipinski definition) is 3. The number of hydrogen-bond donors (Lipinski definition) is 1. The van der Waals surface area contributed by atoms with Crippen molar-refractivity contribution >= 4 is 11.7 Å².